The summed E-state index contributed by atoms with van der Waals surface area (Å²) in [5.74, 6) is 0.755. The molecule has 1 aliphatic heterocycles. The summed E-state index contributed by atoms with van der Waals surface area (Å²) >= 11 is 0. The molecule has 0 aliphatic carbocycles. The zero-order chi connectivity index (χ0) is 22.8. The molecule has 8 heteroatoms. The number of carbonyl (C=O) groups is 1. The number of nitrogens with zero attached hydrogens (tertiary/aromatic N) is 1. The summed E-state index contributed by atoms with van der Waals surface area (Å²) in [4.78, 5) is 15.1. The van der Waals surface area contributed by atoms with Crippen molar-refractivity contribution >= 4 is 15.9 Å². The Bertz CT molecular complexity index is 1040. The van der Waals surface area contributed by atoms with Crippen LogP contribution >= 0.6 is 0 Å². The number of benzene rings is 2. The zero-order valence-corrected chi connectivity index (χ0v) is 19.5. The number of amides is 1. The molecule has 3 rings (SSSR count). The van der Waals surface area contributed by atoms with Crippen molar-refractivity contribution in [1.82, 2.24) is 9.62 Å². The second-order valence-electron chi connectivity index (χ2n) is 8.65. The highest BCUT2D eigenvalue weighted by atomic mass is 32.2. The highest BCUT2D eigenvalue weighted by molar-refractivity contribution is 7.89. The highest BCUT2D eigenvalue weighted by Crippen LogP contribution is 2.35. The average Bonchev–Trinajstić information content (AvgIpc) is 3.21. The van der Waals surface area contributed by atoms with Crippen LogP contribution in [0.2, 0.25) is 0 Å². The van der Waals surface area contributed by atoms with Crippen molar-refractivity contribution in [1.29, 1.82) is 0 Å². The number of methoxy groups -OCH3 is 2. The molecule has 31 heavy (non-hydrogen) atoms. The second-order valence-corrected chi connectivity index (χ2v) is 10.3. The van der Waals surface area contributed by atoms with Crippen LogP contribution in [0, 0.1) is 0 Å². The maximum absolute atomic E-state index is 13.4. The van der Waals surface area contributed by atoms with E-state index in [1.807, 2.05) is 24.3 Å². The van der Waals surface area contributed by atoms with E-state index in [4.69, 9.17) is 9.47 Å². The fourth-order valence-electron chi connectivity index (χ4n) is 3.83. The summed E-state index contributed by atoms with van der Waals surface area (Å²) < 4.78 is 39.0. The molecule has 1 amide bonds. The Morgan fingerprint density at radius 1 is 1.06 bits per heavy atom. The summed E-state index contributed by atoms with van der Waals surface area (Å²) in [6, 6.07) is 12.2. The van der Waals surface area contributed by atoms with E-state index in [0.717, 1.165) is 24.2 Å². The third-order valence-corrected chi connectivity index (χ3v) is 6.93. The quantitative estimate of drug-likeness (QED) is 0.730. The molecule has 1 atom stereocenters. The zero-order valence-electron chi connectivity index (χ0n) is 18.6. The van der Waals surface area contributed by atoms with Crippen molar-refractivity contribution in [2.24, 2.45) is 0 Å². The molecule has 0 aromatic heterocycles. The number of ether oxygens (including phenoxy) is 2. The predicted molar refractivity (Wildman–Crippen MR) is 119 cm³/mol. The van der Waals surface area contributed by atoms with Crippen molar-refractivity contribution < 1.29 is 22.7 Å². The maximum atomic E-state index is 13.4. The molecule has 1 unspecified atom stereocenters. The van der Waals surface area contributed by atoms with Crippen LogP contribution in [-0.2, 0) is 10.0 Å². The smallest absolute Gasteiger partial charge is 0.254 e. The minimum atomic E-state index is -3.87. The third kappa shape index (κ3) is 5.19. The normalized spacial score (nSPS) is 16.9. The minimum Gasteiger partial charge on any atom is -0.497 e. The Kier molecular flexibility index (Phi) is 6.62. The molecule has 1 aliphatic rings. The summed E-state index contributed by atoms with van der Waals surface area (Å²) in [6.07, 6.45) is 1.74. The summed E-state index contributed by atoms with van der Waals surface area (Å²) in [5.41, 5.74) is 0.677. The largest absolute Gasteiger partial charge is 0.497 e. The number of hydrogen-bond acceptors (Lipinski definition) is 5. The number of likely N-dealkylation sites (tertiary alicyclic amines) is 1. The third-order valence-electron chi connectivity index (χ3n) is 5.15. The monoisotopic (exact) mass is 446 g/mol. The van der Waals surface area contributed by atoms with E-state index in [9.17, 15) is 13.2 Å². The van der Waals surface area contributed by atoms with Crippen LogP contribution in [0.5, 0.6) is 11.5 Å². The minimum absolute atomic E-state index is 0.0454. The first-order valence-electron chi connectivity index (χ1n) is 10.2. The number of rotatable bonds is 6. The number of sulfonamides is 1. The molecule has 0 radical (unpaired) electrons. The summed E-state index contributed by atoms with van der Waals surface area (Å²) in [6.45, 7) is 5.89. The van der Waals surface area contributed by atoms with Crippen molar-refractivity contribution in [3.05, 3.63) is 53.6 Å². The van der Waals surface area contributed by atoms with Gasteiger partial charge in [0.05, 0.1) is 20.3 Å². The maximum Gasteiger partial charge on any atom is 0.254 e. The lowest BCUT2D eigenvalue weighted by Gasteiger charge is -2.26. The van der Waals surface area contributed by atoms with Crippen LogP contribution in [0.25, 0.3) is 0 Å². The number of carbonyl (C=O) groups excluding carboxylic acids is 1. The number of hydrogen-bond donors (Lipinski definition) is 1. The lowest BCUT2D eigenvalue weighted by molar-refractivity contribution is 0.0735. The fraction of sp³-hybridized carbons (Fsp3) is 0.435. The molecule has 168 valence electrons. The van der Waals surface area contributed by atoms with Gasteiger partial charge < -0.3 is 14.4 Å². The van der Waals surface area contributed by atoms with Gasteiger partial charge in [0, 0.05) is 17.6 Å². The first-order valence-corrected chi connectivity index (χ1v) is 11.7. The van der Waals surface area contributed by atoms with Gasteiger partial charge in [-0.15, -0.1) is 0 Å². The summed E-state index contributed by atoms with van der Waals surface area (Å²) in [5, 5.41) is 0. The molecule has 1 heterocycles. The second kappa shape index (κ2) is 8.88. The van der Waals surface area contributed by atoms with Gasteiger partial charge >= 0.3 is 0 Å². The van der Waals surface area contributed by atoms with Gasteiger partial charge in [-0.25, -0.2) is 13.1 Å². The molecule has 0 saturated carbocycles. The van der Waals surface area contributed by atoms with Crippen molar-refractivity contribution in [2.45, 2.75) is 50.1 Å². The standard InChI is InChI=1S/C23H30N2O5S/c1-23(2,3)24-31(27,28)21-15-17(10-13-20(21)30-5)22(26)25-14-6-7-19(25)16-8-11-18(29-4)12-9-16/h8-13,15,19,24H,6-7,14H2,1-5H3. The SMILES string of the molecule is COc1ccc(C2CCCN2C(=O)c2ccc(OC)c(S(=O)(=O)NC(C)(C)C)c2)cc1. The van der Waals surface area contributed by atoms with E-state index in [-0.39, 0.29) is 22.6 Å². The van der Waals surface area contributed by atoms with E-state index in [0.29, 0.717) is 12.1 Å². The van der Waals surface area contributed by atoms with Crippen LogP contribution < -0.4 is 14.2 Å². The Labute approximate surface area is 184 Å². The lowest BCUT2D eigenvalue weighted by Crippen LogP contribution is -2.40. The van der Waals surface area contributed by atoms with Gasteiger partial charge in [0.25, 0.3) is 5.91 Å². The van der Waals surface area contributed by atoms with E-state index >= 15 is 0 Å². The van der Waals surface area contributed by atoms with Crippen LogP contribution in [0.4, 0.5) is 0 Å². The van der Waals surface area contributed by atoms with Crippen LogP contribution in [0.15, 0.2) is 47.4 Å². The van der Waals surface area contributed by atoms with Gasteiger partial charge in [-0.05, 0) is 69.5 Å². The highest BCUT2D eigenvalue weighted by Gasteiger charge is 2.32. The fourth-order valence-corrected chi connectivity index (χ4v) is 5.44. The van der Waals surface area contributed by atoms with Crippen LogP contribution in [0.1, 0.15) is 55.6 Å². The first-order chi connectivity index (χ1) is 14.6. The molecule has 2 aromatic rings. The molecule has 0 spiro atoms. The Hall–Kier alpha value is -2.58. The molecule has 1 N–H and O–H groups in total. The Morgan fingerprint density at radius 2 is 1.74 bits per heavy atom. The van der Waals surface area contributed by atoms with Crippen molar-refractivity contribution in [3.63, 3.8) is 0 Å². The molecule has 1 saturated heterocycles. The predicted octanol–water partition coefficient (Wildman–Crippen LogP) is 3.76. The molecular weight excluding hydrogens is 416 g/mol. The molecular formula is C23H30N2O5S. The topological polar surface area (TPSA) is 84.9 Å². The molecule has 2 aromatic carbocycles. The van der Waals surface area contributed by atoms with Gasteiger partial charge in [0.15, 0.2) is 0 Å². The van der Waals surface area contributed by atoms with E-state index in [1.165, 1.54) is 19.2 Å². The molecule has 1 fully saturated rings. The Morgan fingerprint density at radius 3 is 2.32 bits per heavy atom. The first kappa shape index (κ1) is 23.1. The van der Waals surface area contributed by atoms with Crippen molar-refractivity contribution in [2.75, 3.05) is 20.8 Å². The van der Waals surface area contributed by atoms with E-state index in [1.54, 1.807) is 38.8 Å². The van der Waals surface area contributed by atoms with E-state index in [2.05, 4.69) is 4.72 Å². The van der Waals surface area contributed by atoms with Crippen LogP contribution in [0.3, 0.4) is 0 Å². The molecule has 0 bridgehead atoms. The average molecular weight is 447 g/mol. The van der Waals surface area contributed by atoms with Crippen LogP contribution in [-0.4, -0.2) is 45.5 Å². The van der Waals surface area contributed by atoms with Gasteiger partial charge in [-0.1, -0.05) is 12.1 Å². The summed E-state index contributed by atoms with van der Waals surface area (Å²) in [7, 11) is -0.848. The van der Waals surface area contributed by atoms with E-state index < -0.39 is 15.6 Å². The number of nitrogens with one attached hydrogen (secondary N) is 1. The van der Waals surface area contributed by atoms with Gasteiger partial charge in [-0.3, -0.25) is 4.79 Å². The van der Waals surface area contributed by atoms with Crippen molar-refractivity contribution in [3.8, 4) is 11.5 Å². The van der Waals surface area contributed by atoms with Gasteiger partial charge in [-0.2, -0.15) is 0 Å². The molecule has 7 nitrogen and oxygen atoms in total. The van der Waals surface area contributed by atoms with Gasteiger partial charge in [0.1, 0.15) is 16.4 Å². The van der Waals surface area contributed by atoms with Gasteiger partial charge in [0.2, 0.25) is 10.0 Å². The lowest BCUT2D eigenvalue weighted by atomic mass is 10.0. The Balaban J connectivity index is 1.93.